The maximum Gasteiger partial charge on any atom is 0.318 e. The third kappa shape index (κ3) is 3.27. The normalized spacial score (nSPS) is 11.9. The van der Waals surface area contributed by atoms with Gasteiger partial charge in [0.15, 0.2) is 0 Å². The number of fused-ring (bicyclic) bond motifs is 1. The van der Waals surface area contributed by atoms with Gasteiger partial charge in [-0.1, -0.05) is 48.5 Å². The molecule has 0 saturated heterocycles. The fraction of sp³-hybridized carbons (Fsp3) is 0.100. The number of carbonyl (C=O) groups excluding carboxylic acids is 1. The molecule has 0 radical (unpaired) electrons. The molecule has 0 aliphatic carbocycles. The highest BCUT2D eigenvalue weighted by Gasteiger charge is 2.17. The molecule has 1 unspecified atom stereocenters. The van der Waals surface area contributed by atoms with E-state index in [2.05, 4.69) is 0 Å². The van der Waals surface area contributed by atoms with Crippen molar-refractivity contribution in [3.05, 3.63) is 77.9 Å². The molecule has 3 aromatic rings. The number of nitrogen functional groups attached to an aromatic ring is 1. The molecule has 0 aromatic heterocycles. The van der Waals surface area contributed by atoms with E-state index < -0.39 is 0 Å². The number of esters is 1. The Morgan fingerprint density at radius 3 is 2.38 bits per heavy atom. The second-order valence-electron chi connectivity index (χ2n) is 5.69. The molecule has 3 N–H and O–H groups in total. The first kappa shape index (κ1) is 15.7. The highest BCUT2D eigenvalue weighted by Crippen LogP contribution is 2.24. The van der Waals surface area contributed by atoms with E-state index in [1.807, 2.05) is 61.5 Å². The van der Waals surface area contributed by atoms with Crippen LogP contribution in [0.15, 0.2) is 66.7 Å². The highest BCUT2D eigenvalue weighted by molar-refractivity contribution is 5.99. The van der Waals surface area contributed by atoms with Gasteiger partial charge in [0.25, 0.3) is 0 Å². The number of hydrogen-bond acceptors (Lipinski definition) is 3. The molecule has 0 amide bonds. The van der Waals surface area contributed by atoms with Crippen LogP contribution < -0.4 is 10.5 Å². The SMILES string of the molecule is CC(C(=O)Oc1ccc2cc(C(=N)N)ccc2c1)c1ccccc1. The van der Waals surface area contributed by atoms with E-state index in [0.717, 1.165) is 16.3 Å². The van der Waals surface area contributed by atoms with Gasteiger partial charge < -0.3 is 10.5 Å². The topological polar surface area (TPSA) is 76.2 Å². The average Bonchev–Trinajstić information content (AvgIpc) is 2.61. The Kier molecular flexibility index (Phi) is 4.29. The van der Waals surface area contributed by atoms with Gasteiger partial charge in [-0.2, -0.15) is 0 Å². The monoisotopic (exact) mass is 318 g/mol. The minimum atomic E-state index is -0.331. The summed E-state index contributed by atoms with van der Waals surface area (Å²) in [5.41, 5.74) is 7.10. The van der Waals surface area contributed by atoms with Gasteiger partial charge in [0.1, 0.15) is 11.6 Å². The molecule has 120 valence electrons. The lowest BCUT2D eigenvalue weighted by atomic mass is 10.0. The van der Waals surface area contributed by atoms with Crippen molar-refractivity contribution in [2.24, 2.45) is 5.73 Å². The first-order valence-corrected chi connectivity index (χ1v) is 7.69. The van der Waals surface area contributed by atoms with Crippen molar-refractivity contribution in [2.75, 3.05) is 0 Å². The summed E-state index contributed by atoms with van der Waals surface area (Å²) in [5.74, 6) is -0.0853. The Labute approximate surface area is 140 Å². The van der Waals surface area contributed by atoms with Crippen LogP contribution in [-0.2, 0) is 4.79 Å². The van der Waals surface area contributed by atoms with Gasteiger partial charge in [0, 0.05) is 5.56 Å². The van der Waals surface area contributed by atoms with Gasteiger partial charge in [0.05, 0.1) is 5.92 Å². The van der Waals surface area contributed by atoms with Crippen molar-refractivity contribution >= 4 is 22.6 Å². The summed E-state index contributed by atoms with van der Waals surface area (Å²) in [5, 5.41) is 9.35. The number of rotatable bonds is 4. The Morgan fingerprint density at radius 2 is 1.67 bits per heavy atom. The van der Waals surface area contributed by atoms with Crippen LogP contribution in [0, 0.1) is 5.41 Å². The van der Waals surface area contributed by atoms with Crippen LogP contribution in [0.4, 0.5) is 0 Å². The van der Waals surface area contributed by atoms with Crippen molar-refractivity contribution in [3.63, 3.8) is 0 Å². The molecule has 3 rings (SSSR count). The molecule has 0 saturated carbocycles. The van der Waals surface area contributed by atoms with Crippen LogP contribution in [0.1, 0.15) is 24.0 Å². The van der Waals surface area contributed by atoms with Crippen LogP contribution in [-0.4, -0.2) is 11.8 Å². The molecule has 0 aliphatic heterocycles. The zero-order valence-corrected chi connectivity index (χ0v) is 13.3. The molecule has 0 spiro atoms. The Hall–Kier alpha value is -3.14. The minimum Gasteiger partial charge on any atom is -0.426 e. The summed E-state index contributed by atoms with van der Waals surface area (Å²) < 4.78 is 5.51. The molecule has 4 nitrogen and oxygen atoms in total. The minimum absolute atomic E-state index is 0.0316. The molecule has 0 fully saturated rings. The second kappa shape index (κ2) is 6.54. The molecule has 0 aliphatic rings. The van der Waals surface area contributed by atoms with E-state index in [1.54, 1.807) is 12.1 Å². The number of amidine groups is 1. The third-order valence-electron chi connectivity index (χ3n) is 3.99. The summed E-state index contributed by atoms with van der Waals surface area (Å²) in [6.45, 7) is 1.83. The Balaban J connectivity index is 1.81. The van der Waals surface area contributed by atoms with Crippen molar-refractivity contribution in [2.45, 2.75) is 12.8 Å². The fourth-order valence-electron chi connectivity index (χ4n) is 2.54. The molecule has 0 bridgehead atoms. The summed E-state index contributed by atoms with van der Waals surface area (Å²) in [7, 11) is 0. The van der Waals surface area contributed by atoms with Crippen LogP contribution >= 0.6 is 0 Å². The van der Waals surface area contributed by atoms with Crippen LogP contribution in [0.25, 0.3) is 10.8 Å². The van der Waals surface area contributed by atoms with Gasteiger partial charge in [-0.3, -0.25) is 10.2 Å². The first-order chi connectivity index (χ1) is 11.5. The molecule has 1 atom stereocenters. The number of ether oxygens (including phenoxy) is 1. The number of carbonyl (C=O) groups is 1. The fourth-order valence-corrected chi connectivity index (χ4v) is 2.54. The molecular weight excluding hydrogens is 300 g/mol. The molecule has 3 aromatic carbocycles. The standard InChI is InChI=1S/C20H18N2O2/c1-13(14-5-3-2-4-6-14)20(23)24-18-10-9-15-11-17(19(21)22)8-7-16(15)12-18/h2-13H,1H3,(H3,21,22). The largest absolute Gasteiger partial charge is 0.426 e. The summed E-state index contributed by atoms with van der Waals surface area (Å²) in [6, 6.07) is 20.5. The van der Waals surface area contributed by atoms with E-state index in [4.69, 9.17) is 15.9 Å². The zero-order chi connectivity index (χ0) is 17.1. The van der Waals surface area contributed by atoms with Crippen molar-refractivity contribution in [1.29, 1.82) is 5.41 Å². The number of nitrogens with one attached hydrogen (secondary N) is 1. The summed E-state index contributed by atoms with van der Waals surface area (Å²) in [4.78, 5) is 12.3. The van der Waals surface area contributed by atoms with Gasteiger partial charge in [0.2, 0.25) is 0 Å². The van der Waals surface area contributed by atoms with Crippen LogP contribution in [0.5, 0.6) is 5.75 Å². The number of benzene rings is 3. The van der Waals surface area contributed by atoms with E-state index in [-0.39, 0.29) is 17.7 Å². The van der Waals surface area contributed by atoms with E-state index in [1.165, 1.54) is 0 Å². The average molecular weight is 318 g/mol. The molecule has 24 heavy (non-hydrogen) atoms. The van der Waals surface area contributed by atoms with Crippen molar-refractivity contribution < 1.29 is 9.53 Å². The van der Waals surface area contributed by atoms with Gasteiger partial charge in [-0.15, -0.1) is 0 Å². The first-order valence-electron chi connectivity index (χ1n) is 7.69. The lowest BCUT2D eigenvalue weighted by Gasteiger charge is -2.12. The van der Waals surface area contributed by atoms with Gasteiger partial charge in [-0.05, 0) is 41.5 Å². The lowest BCUT2D eigenvalue weighted by Crippen LogP contribution is -2.16. The van der Waals surface area contributed by atoms with Crippen molar-refractivity contribution in [3.8, 4) is 5.75 Å². The molecule has 0 heterocycles. The van der Waals surface area contributed by atoms with Crippen LogP contribution in [0.3, 0.4) is 0 Å². The van der Waals surface area contributed by atoms with Gasteiger partial charge in [-0.25, -0.2) is 0 Å². The predicted molar refractivity (Wildman–Crippen MR) is 95.5 cm³/mol. The van der Waals surface area contributed by atoms with E-state index >= 15 is 0 Å². The van der Waals surface area contributed by atoms with Crippen LogP contribution in [0.2, 0.25) is 0 Å². The Morgan fingerprint density at radius 1 is 1.00 bits per heavy atom. The maximum atomic E-state index is 12.3. The van der Waals surface area contributed by atoms with Gasteiger partial charge >= 0.3 is 5.97 Å². The third-order valence-corrected chi connectivity index (χ3v) is 3.99. The van der Waals surface area contributed by atoms with E-state index in [9.17, 15) is 4.79 Å². The smallest absolute Gasteiger partial charge is 0.318 e. The zero-order valence-electron chi connectivity index (χ0n) is 13.3. The number of hydrogen-bond donors (Lipinski definition) is 2. The Bertz CT molecular complexity index is 904. The number of nitrogens with two attached hydrogens (primary N) is 1. The van der Waals surface area contributed by atoms with E-state index in [0.29, 0.717) is 11.3 Å². The lowest BCUT2D eigenvalue weighted by molar-refractivity contribution is -0.135. The second-order valence-corrected chi connectivity index (χ2v) is 5.69. The highest BCUT2D eigenvalue weighted by atomic mass is 16.5. The maximum absolute atomic E-state index is 12.3. The molecule has 4 heteroatoms. The summed E-state index contributed by atoms with van der Waals surface area (Å²) in [6.07, 6.45) is 0. The quantitative estimate of drug-likeness (QED) is 0.332. The van der Waals surface area contributed by atoms with Crippen molar-refractivity contribution in [1.82, 2.24) is 0 Å². The summed E-state index contributed by atoms with van der Waals surface area (Å²) >= 11 is 0. The predicted octanol–water partition coefficient (Wildman–Crippen LogP) is 3.83. The molecular formula is C20H18N2O2.